The summed E-state index contributed by atoms with van der Waals surface area (Å²) in [6.07, 6.45) is 0.602. The molecule has 26 heavy (non-hydrogen) atoms. The number of morpholine rings is 1. The Kier molecular flexibility index (Phi) is 6.19. The van der Waals surface area contributed by atoms with Crippen molar-refractivity contribution >= 4 is 29.0 Å². The zero-order valence-corrected chi connectivity index (χ0v) is 15.3. The molecule has 0 radical (unpaired) electrons. The van der Waals surface area contributed by atoms with Crippen molar-refractivity contribution < 1.29 is 19.1 Å². The van der Waals surface area contributed by atoms with Crippen LogP contribution in [0.1, 0.15) is 22.2 Å². The minimum absolute atomic E-state index is 0.319. The zero-order chi connectivity index (χ0) is 18.4. The van der Waals surface area contributed by atoms with Crippen molar-refractivity contribution in [3.8, 4) is 0 Å². The van der Waals surface area contributed by atoms with Crippen LogP contribution in [-0.2, 0) is 20.8 Å². The number of carbonyl (C=O) groups excluding carboxylic acids is 2. The Bertz CT molecular complexity index is 727. The lowest BCUT2D eigenvalue weighted by Crippen LogP contribution is -2.36. The highest BCUT2D eigenvalue weighted by Crippen LogP contribution is 2.14. The van der Waals surface area contributed by atoms with Gasteiger partial charge in [0.2, 0.25) is 0 Å². The van der Waals surface area contributed by atoms with E-state index in [0.29, 0.717) is 25.3 Å². The maximum atomic E-state index is 12.2. The first-order valence-electron chi connectivity index (χ1n) is 8.43. The van der Waals surface area contributed by atoms with E-state index in [1.54, 1.807) is 30.4 Å². The lowest BCUT2D eigenvalue weighted by molar-refractivity contribution is -0.129. The number of aromatic nitrogens is 1. The molecule has 0 aliphatic carbocycles. The van der Waals surface area contributed by atoms with Crippen LogP contribution in [0.2, 0.25) is 0 Å². The summed E-state index contributed by atoms with van der Waals surface area (Å²) in [7, 11) is 0. The number of nitrogens with one attached hydrogen (secondary N) is 1. The van der Waals surface area contributed by atoms with Gasteiger partial charge in [0.15, 0.2) is 6.10 Å². The Balaban J connectivity index is 1.50. The molecule has 138 valence electrons. The molecule has 3 rings (SSSR count). The number of pyridine rings is 1. The Hall–Kier alpha value is -2.45. The largest absolute Gasteiger partial charge is 0.449 e. The SMILES string of the molecule is CC(OC(=O)c1ccc(N2CCOCC2)nc1)C(=O)NCc1cccs1. The molecule has 7 nitrogen and oxygen atoms in total. The number of thiophene rings is 1. The van der Waals surface area contributed by atoms with Crippen molar-refractivity contribution in [2.24, 2.45) is 0 Å². The number of esters is 1. The van der Waals surface area contributed by atoms with Crippen LogP contribution in [0.25, 0.3) is 0 Å². The lowest BCUT2D eigenvalue weighted by Gasteiger charge is -2.27. The van der Waals surface area contributed by atoms with Gasteiger partial charge < -0.3 is 19.7 Å². The van der Waals surface area contributed by atoms with Gasteiger partial charge in [0.1, 0.15) is 5.82 Å². The minimum atomic E-state index is -0.874. The van der Waals surface area contributed by atoms with Crippen molar-refractivity contribution in [2.45, 2.75) is 19.6 Å². The van der Waals surface area contributed by atoms with E-state index in [4.69, 9.17) is 9.47 Å². The number of hydrogen-bond donors (Lipinski definition) is 1. The zero-order valence-electron chi connectivity index (χ0n) is 14.5. The number of carbonyl (C=O) groups is 2. The average Bonchev–Trinajstić information content (AvgIpc) is 3.20. The van der Waals surface area contributed by atoms with E-state index in [1.807, 2.05) is 17.5 Å². The normalized spacial score (nSPS) is 15.3. The van der Waals surface area contributed by atoms with E-state index in [2.05, 4.69) is 15.2 Å². The molecular weight excluding hydrogens is 354 g/mol. The predicted octanol–water partition coefficient (Wildman–Crippen LogP) is 1.84. The molecule has 1 N–H and O–H groups in total. The second-order valence-corrected chi connectivity index (χ2v) is 6.88. The molecule has 0 aromatic carbocycles. The first-order chi connectivity index (χ1) is 12.6. The van der Waals surface area contributed by atoms with Crippen LogP contribution in [0, 0.1) is 0 Å². The van der Waals surface area contributed by atoms with E-state index >= 15 is 0 Å². The monoisotopic (exact) mass is 375 g/mol. The fraction of sp³-hybridized carbons (Fsp3) is 0.389. The summed E-state index contributed by atoms with van der Waals surface area (Å²) in [5, 5.41) is 4.70. The molecule has 0 bridgehead atoms. The third kappa shape index (κ3) is 4.80. The molecule has 1 amide bonds. The van der Waals surface area contributed by atoms with Crippen LogP contribution < -0.4 is 10.2 Å². The third-order valence-corrected chi connectivity index (χ3v) is 4.87. The van der Waals surface area contributed by atoms with E-state index in [9.17, 15) is 9.59 Å². The van der Waals surface area contributed by atoms with Crippen molar-refractivity contribution in [3.05, 3.63) is 46.3 Å². The first-order valence-corrected chi connectivity index (χ1v) is 9.31. The number of amides is 1. The molecule has 0 spiro atoms. The molecule has 3 heterocycles. The van der Waals surface area contributed by atoms with Gasteiger partial charge in [-0.3, -0.25) is 4.79 Å². The summed E-state index contributed by atoms with van der Waals surface area (Å²) in [4.78, 5) is 31.7. The number of nitrogens with zero attached hydrogens (tertiary/aromatic N) is 2. The Labute approximate surface area is 155 Å². The number of ether oxygens (including phenoxy) is 2. The molecule has 2 aromatic rings. The van der Waals surface area contributed by atoms with Gasteiger partial charge in [-0.25, -0.2) is 9.78 Å². The summed E-state index contributed by atoms with van der Waals surface area (Å²) in [5.74, 6) is -0.0963. The maximum Gasteiger partial charge on any atom is 0.340 e. The number of rotatable bonds is 6. The van der Waals surface area contributed by atoms with Gasteiger partial charge in [-0.2, -0.15) is 0 Å². The Morgan fingerprint density at radius 3 is 2.81 bits per heavy atom. The summed E-state index contributed by atoms with van der Waals surface area (Å²) in [6.45, 7) is 4.87. The van der Waals surface area contributed by atoms with Gasteiger partial charge in [0.05, 0.1) is 25.3 Å². The second-order valence-electron chi connectivity index (χ2n) is 5.85. The molecule has 0 saturated carbocycles. The number of hydrogen-bond acceptors (Lipinski definition) is 7. The van der Waals surface area contributed by atoms with Gasteiger partial charge in [-0.05, 0) is 30.5 Å². The Morgan fingerprint density at radius 1 is 1.35 bits per heavy atom. The van der Waals surface area contributed by atoms with Crippen LogP contribution in [0.3, 0.4) is 0 Å². The summed E-state index contributed by atoms with van der Waals surface area (Å²) in [5.41, 5.74) is 0.319. The molecule has 8 heteroatoms. The van der Waals surface area contributed by atoms with Gasteiger partial charge in [0.25, 0.3) is 5.91 Å². The van der Waals surface area contributed by atoms with E-state index in [0.717, 1.165) is 23.8 Å². The smallest absolute Gasteiger partial charge is 0.340 e. The quantitative estimate of drug-likeness (QED) is 0.776. The minimum Gasteiger partial charge on any atom is -0.449 e. The molecule has 1 aliphatic heterocycles. The highest BCUT2D eigenvalue weighted by atomic mass is 32.1. The first kappa shape index (κ1) is 18.3. The van der Waals surface area contributed by atoms with Crippen molar-refractivity contribution in [2.75, 3.05) is 31.2 Å². The number of anilines is 1. The van der Waals surface area contributed by atoms with Gasteiger partial charge in [-0.1, -0.05) is 6.07 Å². The Morgan fingerprint density at radius 2 is 2.15 bits per heavy atom. The summed E-state index contributed by atoms with van der Waals surface area (Å²) < 4.78 is 10.5. The van der Waals surface area contributed by atoms with Crippen molar-refractivity contribution in [1.29, 1.82) is 0 Å². The third-order valence-electron chi connectivity index (χ3n) is 3.99. The lowest BCUT2D eigenvalue weighted by atomic mass is 10.2. The molecule has 1 aliphatic rings. The van der Waals surface area contributed by atoms with E-state index in [1.165, 1.54) is 6.20 Å². The summed E-state index contributed by atoms with van der Waals surface area (Å²) >= 11 is 1.56. The highest BCUT2D eigenvalue weighted by Gasteiger charge is 2.20. The molecular formula is C18H21N3O4S. The van der Waals surface area contributed by atoms with Gasteiger partial charge in [0, 0.05) is 24.2 Å². The van der Waals surface area contributed by atoms with Crippen LogP contribution in [-0.4, -0.2) is 49.3 Å². The van der Waals surface area contributed by atoms with E-state index in [-0.39, 0.29) is 5.91 Å². The maximum absolute atomic E-state index is 12.2. The molecule has 1 unspecified atom stereocenters. The topological polar surface area (TPSA) is 80.8 Å². The van der Waals surface area contributed by atoms with Crippen molar-refractivity contribution in [3.63, 3.8) is 0 Å². The second kappa shape index (κ2) is 8.77. The fourth-order valence-electron chi connectivity index (χ4n) is 2.50. The summed E-state index contributed by atoms with van der Waals surface area (Å²) in [6, 6.07) is 7.30. The van der Waals surface area contributed by atoms with Gasteiger partial charge >= 0.3 is 5.97 Å². The molecule has 1 saturated heterocycles. The molecule has 2 aromatic heterocycles. The van der Waals surface area contributed by atoms with Crippen molar-refractivity contribution in [1.82, 2.24) is 10.3 Å². The highest BCUT2D eigenvalue weighted by molar-refractivity contribution is 7.09. The van der Waals surface area contributed by atoms with Crippen LogP contribution >= 0.6 is 11.3 Å². The van der Waals surface area contributed by atoms with E-state index < -0.39 is 12.1 Å². The molecule has 1 fully saturated rings. The van der Waals surface area contributed by atoms with Gasteiger partial charge in [-0.15, -0.1) is 11.3 Å². The van der Waals surface area contributed by atoms with Crippen LogP contribution in [0.5, 0.6) is 0 Å². The standard InChI is InChI=1S/C18H21N3O4S/c1-13(17(22)20-12-15-3-2-10-26-15)25-18(23)14-4-5-16(19-11-14)21-6-8-24-9-7-21/h2-5,10-11,13H,6-9,12H2,1H3,(H,20,22). The fourth-order valence-corrected chi connectivity index (χ4v) is 3.14. The van der Waals surface area contributed by atoms with Crippen LogP contribution in [0.15, 0.2) is 35.8 Å². The van der Waals surface area contributed by atoms with Crippen LogP contribution in [0.4, 0.5) is 5.82 Å². The molecule has 1 atom stereocenters. The average molecular weight is 375 g/mol. The predicted molar refractivity (Wildman–Crippen MR) is 98.3 cm³/mol.